The molecule has 3 nitrogen and oxygen atoms in total. The Morgan fingerprint density at radius 1 is 0.952 bits per heavy atom. The van der Waals surface area contributed by atoms with Crippen LogP contribution in [-0.2, 0) is 4.74 Å². The second-order valence-electron chi connectivity index (χ2n) is 5.12. The first kappa shape index (κ1) is 15.4. The number of rotatable bonds is 8. The number of benzene rings is 2. The molecule has 0 radical (unpaired) electrons. The van der Waals surface area contributed by atoms with Gasteiger partial charge < -0.3 is 14.8 Å². The number of hydrogen-bond donors (Lipinski definition) is 1. The number of hydrogen-bond acceptors (Lipinski definition) is 3. The molecule has 2 rings (SSSR count). The lowest BCUT2D eigenvalue weighted by Gasteiger charge is -2.15. The average Bonchev–Trinajstić information content (AvgIpc) is 2.51. The van der Waals surface area contributed by atoms with Gasteiger partial charge in [-0.15, -0.1) is 0 Å². The summed E-state index contributed by atoms with van der Waals surface area (Å²) in [6.45, 7) is 3.00. The predicted octanol–water partition coefficient (Wildman–Crippen LogP) is 4.71. The lowest BCUT2D eigenvalue weighted by Crippen LogP contribution is -2.15. The second kappa shape index (κ2) is 8.32. The molecule has 0 aliphatic rings. The van der Waals surface area contributed by atoms with Crippen molar-refractivity contribution in [2.24, 2.45) is 0 Å². The van der Waals surface area contributed by atoms with Gasteiger partial charge in [0.1, 0.15) is 11.5 Å². The Balaban J connectivity index is 1.84. The SMILES string of the molecule is COCCCC(C)Nc1ccc(Oc2ccccc2)cc1. The summed E-state index contributed by atoms with van der Waals surface area (Å²) in [7, 11) is 1.74. The first-order valence-electron chi connectivity index (χ1n) is 7.36. The zero-order chi connectivity index (χ0) is 14.9. The van der Waals surface area contributed by atoms with Crippen molar-refractivity contribution in [2.45, 2.75) is 25.8 Å². The molecule has 3 heteroatoms. The lowest BCUT2D eigenvalue weighted by molar-refractivity contribution is 0.191. The minimum atomic E-state index is 0.432. The normalized spacial score (nSPS) is 11.9. The highest BCUT2D eigenvalue weighted by Crippen LogP contribution is 2.23. The third-order valence-electron chi connectivity index (χ3n) is 3.23. The van der Waals surface area contributed by atoms with E-state index in [0.29, 0.717) is 6.04 Å². The minimum absolute atomic E-state index is 0.432. The number of methoxy groups -OCH3 is 1. The Morgan fingerprint density at radius 3 is 2.29 bits per heavy atom. The molecule has 0 heterocycles. The van der Waals surface area contributed by atoms with Crippen LogP contribution in [0.5, 0.6) is 11.5 Å². The maximum Gasteiger partial charge on any atom is 0.127 e. The summed E-state index contributed by atoms with van der Waals surface area (Å²) in [5, 5.41) is 3.48. The molecule has 0 spiro atoms. The Labute approximate surface area is 126 Å². The van der Waals surface area contributed by atoms with Gasteiger partial charge >= 0.3 is 0 Å². The molecule has 2 aromatic carbocycles. The van der Waals surface area contributed by atoms with Crippen molar-refractivity contribution in [1.82, 2.24) is 0 Å². The Hall–Kier alpha value is -2.00. The molecule has 0 amide bonds. The van der Waals surface area contributed by atoms with Crippen LogP contribution in [0.3, 0.4) is 0 Å². The molecule has 0 bridgehead atoms. The smallest absolute Gasteiger partial charge is 0.127 e. The third kappa shape index (κ3) is 5.48. The molecular weight excluding hydrogens is 262 g/mol. The first-order chi connectivity index (χ1) is 10.3. The summed E-state index contributed by atoms with van der Waals surface area (Å²) in [6.07, 6.45) is 2.16. The van der Waals surface area contributed by atoms with Gasteiger partial charge in [0.05, 0.1) is 0 Å². The molecule has 112 valence electrons. The average molecular weight is 285 g/mol. The van der Waals surface area contributed by atoms with Gasteiger partial charge in [0.2, 0.25) is 0 Å². The van der Waals surface area contributed by atoms with Crippen LogP contribution in [0.4, 0.5) is 5.69 Å². The van der Waals surface area contributed by atoms with Crippen LogP contribution >= 0.6 is 0 Å². The molecular formula is C18H23NO2. The fourth-order valence-corrected chi connectivity index (χ4v) is 2.13. The van der Waals surface area contributed by atoms with Crippen molar-refractivity contribution in [2.75, 3.05) is 19.0 Å². The van der Waals surface area contributed by atoms with Gasteiger partial charge in [0.25, 0.3) is 0 Å². The monoisotopic (exact) mass is 285 g/mol. The van der Waals surface area contributed by atoms with Crippen LogP contribution < -0.4 is 10.1 Å². The lowest BCUT2D eigenvalue weighted by atomic mass is 10.2. The first-order valence-corrected chi connectivity index (χ1v) is 7.36. The van der Waals surface area contributed by atoms with E-state index in [2.05, 4.69) is 12.2 Å². The van der Waals surface area contributed by atoms with E-state index in [9.17, 15) is 0 Å². The van der Waals surface area contributed by atoms with E-state index < -0.39 is 0 Å². The molecule has 0 aliphatic heterocycles. The number of nitrogens with one attached hydrogen (secondary N) is 1. The van der Waals surface area contributed by atoms with Crippen molar-refractivity contribution in [3.63, 3.8) is 0 Å². The molecule has 1 N–H and O–H groups in total. The topological polar surface area (TPSA) is 30.5 Å². The molecule has 2 aromatic rings. The van der Waals surface area contributed by atoms with Crippen LogP contribution in [0.1, 0.15) is 19.8 Å². The fraction of sp³-hybridized carbons (Fsp3) is 0.333. The molecule has 1 unspecified atom stereocenters. The molecule has 1 atom stereocenters. The predicted molar refractivity (Wildman–Crippen MR) is 87.2 cm³/mol. The maximum atomic E-state index is 5.77. The largest absolute Gasteiger partial charge is 0.457 e. The van der Waals surface area contributed by atoms with Gasteiger partial charge in [-0.05, 0) is 56.2 Å². The quantitative estimate of drug-likeness (QED) is 0.713. The molecule has 21 heavy (non-hydrogen) atoms. The highest BCUT2D eigenvalue weighted by atomic mass is 16.5. The van der Waals surface area contributed by atoms with Crippen molar-refractivity contribution in [1.29, 1.82) is 0 Å². The van der Waals surface area contributed by atoms with Crippen LogP contribution in [0.25, 0.3) is 0 Å². The maximum absolute atomic E-state index is 5.77. The van der Waals surface area contributed by atoms with E-state index in [0.717, 1.165) is 36.6 Å². The summed E-state index contributed by atoms with van der Waals surface area (Å²) in [5.74, 6) is 1.70. The van der Waals surface area contributed by atoms with Gasteiger partial charge in [0, 0.05) is 25.4 Å². The van der Waals surface area contributed by atoms with E-state index >= 15 is 0 Å². The van der Waals surface area contributed by atoms with Gasteiger partial charge in [-0.3, -0.25) is 0 Å². The summed E-state index contributed by atoms with van der Waals surface area (Å²) >= 11 is 0. The summed E-state index contributed by atoms with van der Waals surface area (Å²) in [5.41, 5.74) is 1.11. The van der Waals surface area contributed by atoms with Crippen molar-refractivity contribution in [3.8, 4) is 11.5 Å². The Morgan fingerprint density at radius 2 is 1.62 bits per heavy atom. The Bertz CT molecular complexity index is 511. The number of anilines is 1. The van der Waals surface area contributed by atoms with Gasteiger partial charge in [-0.25, -0.2) is 0 Å². The molecule has 0 aliphatic carbocycles. The van der Waals surface area contributed by atoms with Crippen molar-refractivity contribution in [3.05, 3.63) is 54.6 Å². The van der Waals surface area contributed by atoms with Crippen LogP contribution in [0.15, 0.2) is 54.6 Å². The Kier molecular flexibility index (Phi) is 6.10. The zero-order valence-corrected chi connectivity index (χ0v) is 12.7. The van der Waals surface area contributed by atoms with Gasteiger partial charge in [0.15, 0.2) is 0 Å². The zero-order valence-electron chi connectivity index (χ0n) is 12.7. The highest BCUT2D eigenvalue weighted by molar-refractivity contribution is 5.47. The van der Waals surface area contributed by atoms with E-state index in [4.69, 9.17) is 9.47 Å². The standard InChI is InChI=1S/C18H23NO2/c1-15(7-6-14-20-2)19-16-10-12-18(13-11-16)21-17-8-4-3-5-9-17/h3-5,8-13,15,19H,6-7,14H2,1-2H3. The number of ether oxygens (including phenoxy) is 2. The van der Waals surface area contributed by atoms with Crippen LogP contribution in [0, 0.1) is 0 Å². The summed E-state index contributed by atoms with van der Waals surface area (Å²) < 4.78 is 10.8. The molecule has 0 saturated heterocycles. The van der Waals surface area contributed by atoms with Crippen molar-refractivity contribution < 1.29 is 9.47 Å². The van der Waals surface area contributed by atoms with Gasteiger partial charge in [-0.1, -0.05) is 18.2 Å². The molecule has 0 aromatic heterocycles. The van der Waals surface area contributed by atoms with Crippen LogP contribution in [0.2, 0.25) is 0 Å². The molecule has 0 saturated carbocycles. The van der Waals surface area contributed by atoms with E-state index in [1.165, 1.54) is 0 Å². The fourth-order valence-electron chi connectivity index (χ4n) is 2.13. The van der Waals surface area contributed by atoms with E-state index in [-0.39, 0.29) is 0 Å². The number of para-hydroxylation sites is 1. The highest BCUT2D eigenvalue weighted by Gasteiger charge is 2.02. The second-order valence-corrected chi connectivity index (χ2v) is 5.12. The third-order valence-corrected chi connectivity index (χ3v) is 3.23. The van der Waals surface area contributed by atoms with Gasteiger partial charge in [-0.2, -0.15) is 0 Å². The van der Waals surface area contributed by atoms with Crippen LogP contribution in [-0.4, -0.2) is 19.8 Å². The summed E-state index contributed by atoms with van der Waals surface area (Å²) in [6, 6.07) is 18.3. The molecule has 0 fully saturated rings. The summed E-state index contributed by atoms with van der Waals surface area (Å²) in [4.78, 5) is 0. The van der Waals surface area contributed by atoms with E-state index in [1.807, 2.05) is 54.6 Å². The van der Waals surface area contributed by atoms with E-state index in [1.54, 1.807) is 7.11 Å². The minimum Gasteiger partial charge on any atom is -0.457 e. The van der Waals surface area contributed by atoms with Crippen molar-refractivity contribution >= 4 is 5.69 Å².